The highest BCUT2D eigenvalue weighted by molar-refractivity contribution is 5.29. The third kappa shape index (κ3) is 2.22. The quantitative estimate of drug-likeness (QED) is 0.712. The average Bonchev–Trinajstić information content (AvgIpc) is 2.23. The molecule has 1 aliphatic rings. The summed E-state index contributed by atoms with van der Waals surface area (Å²) in [6.45, 7) is 2.92. The van der Waals surface area contributed by atoms with E-state index >= 15 is 0 Å². The molecule has 0 spiro atoms. The molecule has 0 radical (unpaired) electrons. The van der Waals surface area contributed by atoms with Crippen molar-refractivity contribution >= 4 is 5.95 Å². The first-order valence-corrected chi connectivity index (χ1v) is 5.03. The van der Waals surface area contributed by atoms with Gasteiger partial charge in [0.05, 0.1) is 18.9 Å². The Morgan fingerprint density at radius 2 is 2.07 bits per heavy atom. The van der Waals surface area contributed by atoms with Gasteiger partial charge in [-0.3, -0.25) is 0 Å². The van der Waals surface area contributed by atoms with Crippen molar-refractivity contribution in [2.45, 2.75) is 19.5 Å². The molecule has 1 aromatic rings. The molecule has 0 aromatic carbocycles. The van der Waals surface area contributed by atoms with Crippen LogP contribution in [0.5, 0.6) is 0 Å². The number of piperidine rings is 1. The fourth-order valence-corrected chi connectivity index (χ4v) is 1.67. The minimum atomic E-state index is -0.854. The van der Waals surface area contributed by atoms with Crippen LogP contribution in [-0.2, 0) is 0 Å². The Hall–Kier alpha value is -1.26. The van der Waals surface area contributed by atoms with Gasteiger partial charge in [0.25, 0.3) is 0 Å². The molecule has 15 heavy (non-hydrogen) atoms. The molecule has 3 nitrogen and oxygen atoms in total. The van der Waals surface area contributed by atoms with Crippen LogP contribution < -0.4 is 4.90 Å². The van der Waals surface area contributed by atoms with Crippen LogP contribution in [0.15, 0.2) is 12.4 Å². The maximum absolute atomic E-state index is 13.4. The number of hydrogen-bond donors (Lipinski definition) is 0. The van der Waals surface area contributed by atoms with Gasteiger partial charge in [0.1, 0.15) is 6.17 Å². The summed E-state index contributed by atoms with van der Waals surface area (Å²) >= 11 is 0. The van der Waals surface area contributed by atoms with Crippen LogP contribution in [-0.4, -0.2) is 29.2 Å². The van der Waals surface area contributed by atoms with E-state index in [1.165, 1.54) is 0 Å². The van der Waals surface area contributed by atoms with Crippen molar-refractivity contribution in [2.24, 2.45) is 5.92 Å². The topological polar surface area (TPSA) is 29.0 Å². The van der Waals surface area contributed by atoms with Crippen LogP contribution >= 0.6 is 0 Å². The van der Waals surface area contributed by atoms with E-state index in [1.54, 1.807) is 4.90 Å². The zero-order chi connectivity index (χ0) is 10.8. The molecule has 2 heterocycles. The Bertz CT molecular complexity index is 328. The fraction of sp³-hybridized carbons (Fsp3) is 0.600. The third-order valence-electron chi connectivity index (χ3n) is 2.76. The number of hydrogen-bond acceptors (Lipinski definition) is 3. The molecule has 0 amide bonds. The van der Waals surface area contributed by atoms with Crippen LogP contribution in [0.1, 0.15) is 13.3 Å². The molecule has 0 N–H and O–H groups in total. The first kappa shape index (κ1) is 10.3. The highest BCUT2D eigenvalue weighted by Gasteiger charge is 2.26. The van der Waals surface area contributed by atoms with Crippen LogP contribution in [0.3, 0.4) is 0 Å². The molecule has 0 bridgehead atoms. The minimum absolute atomic E-state index is 0.0849. The molecule has 0 saturated carbocycles. The highest BCUT2D eigenvalue weighted by Crippen LogP contribution is 2.22. The van der Waals surface area contributed by atoms with Crippen molar-refractivity contribution in [1.82, 2.24) is 9.97 Å². The van der Waals surface area contributed by atoms with E-state index in [2.05, 4.69) is 9.97 Å². The normalized spacial score (nSPS) is 26.7. The summed E-state index contributed by atoms with van der Waals surface area (Å²) in [4.78, 5) is 9.42. The Labute approximate surface area is 87.1 Å². The van der Waals surface area contributed by atoms with E-state index in [0.717, 1.165) is 25.4 Å². The largest absolute Gasteiger partial charge is 0.338 e. The van der Waals surface area contributed by atoms with Gasteiger partial charge in [-0.05, 0) is 12.3 Å². The predicted molar refractivity (Wildman–Crippen MR) is 52.9 cm³/mol. The smallest absolute Gasteiger partial charge is 0.225 e. The van der Waals surface area contributed by atoms with E-state index in [0.29, 0.717) is 12.5 Å². The number of nitrogens with zero attached hydrogens (tertiary/aromatic N) is 3. The summed E-state index contributed by atoms with van der Waals surface area (Å²) in [6.07, 6.45) is 2.13. The number of alkyl halides is 1. The zero-order valence-corrected chi connectivity index (χ0v) is 8.53. The zero-order valence-electron chi connectivity index (χ0n) is 8.53. The van der Waals surface area contributed by atoms with Gasteiger partial charge < -0.3 is 4.90 Å². The van der Waals surface area contributed by atoms with Gasteiger partial charge in [0, 0.05) is 6.54 Å². The van der Waals surface area contributed by atoms with Gasteiger partial charge in [0.15, 0.2) is 5.82 Å². The van der Waals surface area contributed by atoms with Gasteiger partial charge >= 0.3 is 0 Å². The van der Waals surface area contributed by atoms with Crippen molar-refractivity contribution in [3.8, 4) is 0 Å². The van der Waals surface area contributed by atoms with Crippen molar-refractivity contribution in [1.29, 1.82) is 0 Å². The van der Waals surface area contributed by atoms with Crippen LogP contribution in [0.2, 0.25) is 0 Å². The molecule has 1 fully saturated rings. The van der Waals surface area contributed by atoms with Crippen LogP contribution in [0, 0.1) is 11.7 Å². The Balaban J connectivity index is 2.08. The summed E-state index contributed by atoms with van der Waals surface area (Å²) in [6, 6.07) is 0. The summed E-state index contributed by atoms with van der Waals surface area (Å²) in [7, 11) is 0. The molecule has 1 aliphatic heterocycles. The van der Waals surface area contributed by atoms with Crippen molar-refractivity contribution in [3.63, 3.8) is 0 Å². The second-order valence-electron chi connectivity index (χ2n) is 3.93. The Kier molecular flexibility index (Phi) is 2.79. The number of anilines is 1. The van der Waals surface area contributed by atoms with E-state index < -0.39 is 12.0 Å². The lowest BCUT2D eigenvalue weighted by molar-refractivity contribution is 0.210. The van der Waals surface area contributed by atoms with E-state index in [9.17, 15) is 8.78 Å². The van der Waals surface area contributed by atoms with E-state index in [4.69, 9.17) is 0 Å². The van der Waals surface area contributed by atoms with Crippen molar-refractivity contribution in [2.75, 3.05) is 18.0 Å². The van der Waals surface area contributed by atoms with E-state index in [1.807, 2.05) is 6.92 Å². The lowest BCUT2D eigenvalue weighted by Gasteiger charge is -2.32. The van der Waals surface area contributed by atoms with E-state index in [-0.39, 0.29) is 5.92 Å². The number of rotatable bonds is 1. The Morgan fingerprint density at radius 3 is 2.67 bits per heavy atom. The summed E-state index contributed by atoms with van der Waals surface area (Å²) in [5.41, 5.74) is 0. The predicted octanol–water partition coefficient (Wildman–Crippen LogP) is 1.80. The monoisotopic (exact) mass is 213 g/mol. The third-order valence-corrected chi connectivity index (χ3v) is 2.76. The molecular formula is C10H13F2N3. The first-order chi connectivity index (χ1) is 7.16. The fourth-order valence-electron chi connectivity index (χ4n) is 1.67. The van der Waals surface area contributed by atoms with Gasteiger partial charge in [-0.25, -0.2) is 18.7 Å². The highest BCUT2D eigenvalue weighted by atomic mass is 19.1. The van der Waals surface area contributed by atoms with Gasteiger partial charge in [-0.2, -0.15) is 0 Å². The SMILES string of the molecule is CC1CCN(c2ncc(F)cn2)CC1F. The second-order valence-corrected chi connectivity index (χ2v) is 3.93. The molecule has 5 heteroatoms. The molecule has 0 aliphatic carbocycles. The maximum atomic E-state index is 13.4. The average molecular weight is 213 g/mol. The summed E-state index contributed by atoms with van der Waals surface area (Å²) in [5, 5.41) is 0. The molecule has 2 rings (SSSR count). The molecule has 1 saturated heterocycles. The molecule has 1 aromatic heterocycles. The number of halogens is 2. The van der Waals surface area contributed by atoms with Gasteiger partial charge in [0.2, 0.25) is 5.95 Å². The standard InChI is InChI=1S/C10H13F2N3/c1-7-2-3-15(6-9(7)12)10-13-4-8(11)5-14-10/h4-5,7,9H,2-3,6H2,1H3. The van der Waals surface area contributed by atoms with Crippen molar-refractivity contribution in [3.05, 3.63) is 18.2 Å². The molecule has 2 unspecified atom stereocenters. The lowest BCUT2D eigenvalue weighted by Crippen LogP contribution is -2.41. The van der Waals surface area contributed by atoms with Gasteiger partial charge in [-0.15, -0.1) is 0 Å². The molecular weight excluding hydrogens is 200 g/mol. The minimum Gasteiger partial charge on any atom is -0.338 e. The summed E-state index contributed by atoms with van der Waals surface area (Å²) in [5.74, 6) is 0.0218. The van der Waals surface area contributed by atoms with Crippen molar-refractivity contribution < 1.29 is 8.78 Å². The first-order valence-electron chi connectivity index (χ1n) is 5.03. The molecule has 82 valence electrons. The van der Waals surface area contributed by atoms with Gasteiger partial charge in [-0.1, -0.05) is 6.92 Å². The summed E-state index contributed by atoms with van der Waals surface area (Å²) < 4.78 is 26.0. The van der Waals surface area contributed by atoms with Crippen LogP contribution in [0.25, 0.3) is 0 Å². The second kappa shape index (κ2) is 4.08. The molecule has 2 atom stereocenters. The maximum Gasteiger partial charge on any atom is 0.225 e. The lowest BCUT2D eigenvalue weighted by atomic mass is 9.97. The number of aromatic nitrogens is 2. The Morgan fingerprint density at radius 1 is 1.40 bits per heavy atom. The van der Waals surface area contributed by atoms with Crippen LogP contribution in [0.4, 0.5) is 14.7 Å².